The highest BCUT2D eigenvalue weighted by molar-refractivity contribution is 14.1. The van der Waals surface area contributed by atoms with Gasteiger partial charge >= 0.3 is 0 Å². The van der Waals surface area contributed by atoms with Gasteiger partial charge in [0.1, 0.15) is 5.75 Å². The second kappa shape index (κ2) is 7.79. The van der Waals surface area contributed by atoms with Crippen molar-refractivity contribution < 1.29 is 9.90 Å². The zero-order chi connectivity index (χ0) is 15.9. The largest absolute Gasteiger partial charge is 0.507 e. The van der Waals surface area contributed by atoms with Crippen LogP contribution in [0.5, 0.6) is 5.75 Å². The van der Waals surface area contributed by atoms with E-state index in [4.69, 9.17) is 0 Å². The molecular formula is C16H16IN3O2. The maximum atomic E-state index is 11.7. The summed E-state index contributed by atoms with van der Waals surface area (Å²) in [5.41, 5.74) is 5.01. The Morgan fingerprint density at radius 1 is 1.27 bits per heavy atom. The molecule has 2 aromatic carbocycles. The average Bonchev–Trinajstić information content (AvgIpc) is 2.50. The van der Waals surface area contributed by atoms with Gasteiger partial charge < -0.3 is 10.4 Å². The first kappa shape index (κ1) is 16.3. The lowest BCUT2D eigenvalue weighted by molar-refractivity contribution is -0.119. The molecule has 6 heteroatoms. The number of carbonyl (C=O) groups excluding carboxylic acids is 1. The number of aryl methyl sites for hydroxylation is 1. The summed E-state index contributed by atoms with van der Waals surface area (Å²) < 4.78 is 0.976. The average molecular weight is 409 g/mol. The zero-order valence-corrected chi connectivity index (χ0v) is 14.2. The number of benzene rings is 2. The number of hydrazone groups is 1. The molecule has 0 aromatic heterocycles. The molecule has 114 valence electrons. The van der Waals surface area contributed by atoms with E-state index < -0.39 is 0 Å². The number of nitrogens with zero attached hydrogens (tertiary/aromatic N) is 1. The fourth-order valence-electron chi connectivity index (χ4n) is 1.70. The van der Waals surface area contributed by atoms with Crippen LogP contribution in [0, 0.1) is 10.5 Å². The van der Waals surface area contributed by atoms with Gasteiger partial charge in [-0.3, -0.25) is 4.79 Å². The van der Waals surface area contributed by atoms with E-state index in [2.05, 4.69) is 38.4 Å². The molecular weight excluding hydrogens is 393 g/mol. The molecule has 0 fully saturated rings. The van der Waals surface area contributed by atoms with Crippen LogP contribution in [0.25, 0.3) is 0 Å². The monoisotopic (exact) mass is 409 g/mol. The molecule has 1 amide bonds. The second-order valence-electron chi connectivity index (χ2n) is 4.72. The van der Waals surface area contributed by atoms with Crippen LogP contribution in [0.2, 0.25) is 0 Å². The summed E-state index contributed by atoms with van der Waals surface area (Å²) in [5.74, 6) is -0.141. The van der Waals surface area contributed by atoms with Crippen LogP contribution in [0.15, 0.2) is 47.6 Å². The molecule has 2 rings (SSSR count). The minimum absolute atomic E-state index is 0.121. The summed E-state index contributed by atoms with van der Waals surface area (Å²) in [6.45, 7) is 2.13. The van der Waals surface area contributed by atoms with Crippen molar-refractivity contribution in [2.24, 2.45) is 5.10 Å². The van der Waals surface area contributed by atoms with Gasteiger partial charge in [-0.05, 0) is 59.8 Å². The number of phenols is 1. The first-order chi connectivity index (χ1) is 10.5. The third kappa shape index (κ3) is 5.03. The van der Waals surface area contributed by atoms with E-state index in [0.717, 1.165) is 14.8 Å². The quantitative estimate of drug-likeness (QED) is 0.404. The number of phenolic OH excluding ortho intramolecular Hbond substituents is 1. The van der Waals surface area contributed by atoms with E-state index in [0.29, 0.717) is 5.56 Å². The molecule has 0 aliphatic carbocycles. The fraction of sp³-hybridized carbons (Fsp3) is 0.125. The molecule has 3 N–H and O–H groups in total. The number of hydrogen-bond acceptors (Lipinski definition) is 4. The predicted octanol–water partition coefficient (Wildman–Crippen LogP) is 2.87. The number of amides is 1. The SMILES string of the molecule is Cc1ccc(NCC(=O)N/N=C\c2cc(I)ccc2O)cc1. The van der Waals surface area contributed by atoms with Crippen molar-refractivity contribution in [3.05, 3.63) is 57.2 Å². The van der Waals surface area contributed by atoms with Gasteiger partial charge in [0.2, 0.25) is 0 Å². The van der Waals surface area contributed by atoms with E-state index in [-0.39, 0.29) is 18.2 Å². The van der Waals surface area contributed by atoms with Crippen molar-refractivity contribution in [2.75, 3.05) is 11.9 Å². The Hall–Kier alpha value is -2.09. The van der Waals surface area contributed by atoms with E-state index in [1.807, 2.05) is 31.2 Å². The van der Waals surface area contributed by atoms with Gasteiger partial charge in [-0.25, -0.2) is 5.43 Å². The van der Waals surface area contributed by atoms with Crippen molar-refractivity contribution in [3.8, 4) is 5.75 Å². The Labute approximate surface area is 142 Å². The normalized spacial score (nSPS) is 10.6. The van der Waals surface area contributed by atoms with Crippen LogP contribution in [0.1, 0.15) is 11.1 Å². The molecule has 22 heavy (non-hydrogen) atoms. The van der Waals surface area contributed by atoms with Crippen molar-refractivity contribution >= 4 is 40.4 Å². The van der Waals surface area contributed by atoms with Crippen LogP contribution >= 0.6 is 22.6 Å². The molecule has 0 radical (unpaired) electrons. The van der Waals surface area contributed by atoms with Gasteiger partial charge in [0.05, 0.1) is 12.8 Å². The molecule has 0 spiro atoms. The lowest BCUT2D eigenvalue weighted by atomic mass is 10.2. The first-order valence-electron chi connectivity index (χ1n) is 6.65. The van der Waals surface area contributed by atoms with Gasteiger partial charge in [-0.15, -0.1) is 0 Å². The second-order valence-corrected chi connectivity index (χ2v) is 5.96. The summed E-state index contributed by atoms with van der Waals surface area (Å²) in [4.78, 5) is 11.7. The number of aromatic hydroxyl groups is 1. The molecule has 0 heterocycles. The van der Waals surface area contributed by atoms with Crippen molar-refractivity contribution in [1.29, 1.82) is 0 Å². The number of carbonyl (C=O) groups is 1. The first-order valence-corrected chi connectivity index (χ1v) is 7.73. The van der Waals surface area contributed by atoms with E-state index in [1.54, 1.807) is 18.2 Å². The topological polar surface area (TPSA) is 73.7 Å². The molecule has 2 aromatic rings. The standard InChI is InChI=1S/C16H16IN3O2/c1-11-2-5-14(6-3-11)18-10-16(22)20-19-9-12-8-13(17)4-7-15(12)21/h2-9,18,21H,10H2,1H3,(H,20,22)/b19-9-. The maximum absolute atomic E-state index is 11.7. The van der Waals surface area contributed by atoms with Gasteiger partial charge in [-0.2, -0.15) is 5.10 Å². The lowest BCUT2D eigenvalue weighted by Crippen LogP contribution is -2.25. The zero-order valence-electron chi connectivity index (χ0n) is 12.0. The summed E-state index contributed by atoms with van der Waals surface area (Å²) in [6, 6.07) is 12.9. The molecule has 0 atom stereocenters. The van der Waals surface area contributed by atoms with Crippen LogP contribution in [-0.4, -0.2) is 23.8 Å². The highest BCUT2D eigenvalue weighted by Crippen LogP contribution is 2.17. The molecule has 0 saturated carbocycles. The maximum Gasteiger partial charge on any atom is 0.259 e. The van der Waals surface area contributed by atoms with E-state index >= 15 is 0 Å². The molecule has 0 aliphatic heterocycles. The molecule has 0 aliphatic rings. The van der Waals surface area contributed by atoms with E-state index in [1.165, 1.54) is 6.21 Å². The number of halogens is 1. The van der Waals surface area contributed by atoms with Crippen LogP contribution in [0.4, 0.5) is 5.69 Å². The Morgan fingerprint density at radius 3 is 2.73 bits per heavy atom. The highest BCUT2D eigenvalue weighted by Gasteiger charge is 2.01. The van der Waals surface area contributed by atoms with Crippen molar-refractivity contribution in [2.45, 2.75) is 6.92 Å². The summed E-state index contributed by atoms with van der Waals surface area (Å²) in [6.07, 6.45) is 1.42. The highest BCUT2D eigenvalue weighted by atomic mass is 127. The van der Waals surface area contributed by atoms with Gasteiger partial charge in [-0.1, -0.05) is 17.7 Å². The Bertz CT molecular complexity index is 684. The van der Waals surface area contributed by atoms with Crippen molar-refractivity contribution in [3.63, 3.8) is 0 Å². The Kier molecular flexibility index (Phi) is 5.76. The van der Waals surface area contributed by atoms with Gasteiger partial charge in [0, 0.05) is 14.8 Å². The van der Waals surface area contributed by atoms with E-state index in [9.17, 15) is 9.90 Å². The van der Waals surface area contributed by atoms with Crippen LogP contribution in [-0.2, 0) is 4.79 Å². The predicted molar refractivity (Wildman–Crippen MR) is 96.2 cm³/mol. The van der Waals surface area contributed by atoms with Gasteiger partial charge in [0.25, 0.3) is 5.91 Å². The third-order valence-electron chi connectivity index (χ3n) is 2.89. The minimum atomic E-state index is -0.262. The summed E-state index contributed by atoms with van der Waals surface area (Å²) in [7, 11) is 0. The number of nitrogens with one attached hydrogen (secondary N) is 2. The van der Waals surface area contributed by atoms with Crippen molar-refractivity contribution in [1.82, 2.24) is 5.43 Å². The minimum Gasteiger partial charge on any atom is -0.507 e. The molecule has 0 bridgehead atoms. The molecule has 5 nitrogen and oxygen atoms in total. The third-order valence-corrected chi connectivity index (χ3v) is 3.56. The summed E-state index contributed by atoms with van der Waals surface area (Å²) in [5, 5.41) is 16.5. The van der Waals surface area contributed by atoms with Gasteiger partial charge in [0.15, 0.2) is 0 Å². The smallest absolute Gasteiger partial charge is 0.259 e. The summed E-state index contributed by atoms with van der Waals surface area (Å²) >= 11 is 2.14. The van der Waals surface area contributed by atoms with Crippen LogP contribution in [0.3, 0.4) is 0 Å². The number of rotatable bonds is 5. The fourth-order valence-corrected chi connectivity index (χ4v) is 2.21. The Morgan fingerprint density at radius 2 is 2.00 bits per heavy atom. The Balaban J connectivity index is 1.83. The number of hydrogen-bond donors (Lipinski definition) is 3. The van der Waals surface area contributed by atoms with Crippen LogP contribution < -0.4 is 10.7 Å². The molecule has 0 unspecified atom stereocenters. The number of anilines is 1. The molecule has 0 saturated heterocycles. The lowest BCUT2D eigenvalue weighted by Gasteiger charge is -2.05.